The van der Waals surface area contributed by atoms with Crippen LogP contribution >= 0.6 is 31.9 Å². The number of ether oxygens (including phenoxy) is 1. The Morgan fingerprint density at radius 1 is 1.19 bits per heavy atom. The lowest BCUT2D eigenvalue weighted by Crippen LogP contribution is -2.12. The van der Waals surface area contributed by atoms with Crippen LogP contribution in [-0.2, 0) is 14.8 Å². The fourth-order valence-electron chi connectivity index (χ4n) is 1.57. The summed E-state index contributed by atoms with van der Waals surface area (Å²) < 4.78 is 29.1. The van der Waals surface area contributed by atoms with Crippen molar-refractivity contribution < 1.29 is 23.1 Å². The molecular weight excluding hydrogens is 430 g/mol. The number of carbonyl (C=O) groups is 1. The van der Waals surface area contributed by atoms with E-state index in [-0.39, 0.29) is 11.3 Å². The molecule has 0 heterocycles. The molecule has 0 unspecified atom stereocenters. The maximum absolute atomic E-state index is 11.3. The predicted molar refractivity (Wildman–Crippen MR) is 84.8 cm³/mol. The van der Waals surface area contributed by atoms with Crippen molar-refractivity contribution >= 4 is 47.9 Å². The van der Waals surface area contributed by atoms with Gasteiger partial charge in [-0.2, -0.15) is 0 Å². The Morgan fingerprint density at radius 2 is 1.76 bits per heavy atom. The third-order valence-corrected chi connectivity index (χ3v) is 4.65. The Bertz CT molecular complexity index is 595. The number of benzene rings is 1. The van der Waals surface area contributed by atoms with E-state index in [4.69, 9.17) is 15.0 Å². The number of sulfonamides is 1. The zero-order valence-electron chi connectivity index (χ0n) is 11.0. The number of nitrogens with two attached hydrogens (primary N) is 1. The molecule has 6 nitrogen and oxygen atoms in total. The van der Waals surface area contributed by atoms with Crippen LogP contribution in [-0.4, -0.2) is 26.1 Å². The predicted octanol–water partition coefficient (Wildman–Crippen LogP) is 2.88. The minimum Gasteiger partial charge on any atom is -0.491 e. The van der Waals surface area contributed by atoms with Gasteiger partial charge in [0, 0.05) is 6.42 Å². The minimum atomic E-state index is -3.78. The number of hydrogen-bond acceptors (Lipinski definition) is 4. The van der Waals surface area contributed by atoms with Crippen molar-refractivity contribution in [1.29, 1.82) is 0 Å². The first-order valence-electron chi connectivity index (χ1n) is 6.08. The standard InChI is InChI=1S/C12H15Br2NO5S/c13-9-6-8(21(15,18)19)7-10(14)12(9)20-5-3-1-2-4-11(16)17/h6-7H,1-5H2,(H,16,17)(H2,15,18,19). The van der Waals surface area contributed by atoms with Crippen molar-refractivity contribution in [1.82, 2.24) is 0 Å². The maximum atomic E-state index is 11.3. The van der Waals surface area contributed by atoms with Crippen LogP contribution < -0.4 is 9.88 Å². The van der Waals surface area contributed by atoms with E-state index in [1.807, 2.05) is 0 Å². The van der Waals surface area contributed by atoms with Gasteiger partial charge in [0.25, 0.3) is 0 Å². The molecule has 3 N–H and O–H groups in total. The van der Waals surface area contributed by atoms with Gasteiger partial charge in [-0.05, 0) is 63.3 Å². The number of aliphatic carboxylic acids is 1. The van der Waals surface area contributed by atoms with Crippen molar-refractivity contribution in [3.8, 4) is 5.75 Å². The average molecular weight is 445 g/mol. The number of halogens is 2. The number of carboxylic acid groups (broad SMARTS) is 1. The van der Waals surface area contributed by atoms with Crippen LogP contribution in [0.3, 0.4) is 0 Å². The summed E-state index contributed by atoms with van der Waals surface area (Å²) in [6.07, 6.45) is 2.21. The van der Waals surface area contributed by atoms with Crippen molar-refractivity contribution in [3.05, 3.63) is 21.1 Å². The van der Waals surface area contributed by atoms with Crippen molar-refractivity contribution in [3.63, 3.8) is 0 Å². The second-order valence-electron chi connectivity index (χ2n) is 4.31. The zero-order valence-corrected chi connectivity index (χ0v) is 15.0. The van der Waals surface area contributed by atoms with Gasteiger partial charge in [0.05, 0.1) is 20.4 Å². The number of unbranched alkanes of at least 4 members (excludes halogenated alkanes) is 2. The van der Waals surface area contributed by atoms with Crippen LogP contribution in [0.2, 0.25) is 0 Å². The van der Waals surface area contributed by atoms with Crippen molar-refractivity contribution in [2.45, 2.75) is 30.6 Å². The minimum absolute atomic E-state index is 0.0185. The Kier molecular flexibility index (Phi) is 7.11. The van der Waals surface area contributed by atoms with Crippen LogP contribution in [0.1, 0.15) is 25.7 Å². The summed E-state index contributed by atoms with van der Waals surface area (Å²) in [5.74, 6) is -0.319. The lowest BCUT2D eigenvalue weighted by Gasteiger charge is -2.11. The summed E-state index contributed by atoms with van der Waals surface area (Å²) in [6.45, 7) is 0.408. The number of primary sulfonamides is 1. The first-order chi connectivity index (χ1) is 9.71. The first-order valence-corrected chi connectivity index (χ1v) is 9.21. The molecule has 0 spiro atoms. The molecule has 0 aliphatic heterocycles. The Labute approximate surface area is 140 Å². The number of carboxylic acids is 1. The van der Waals surface area contributed by atoms with Crippen molar-refractivity contribution in [2.75, 3.05) is 6.61 Å². The average Bonchev–Trinajstić information content (AvgIpc) is 2.34. The van der Waals surface area contributed by atoms with E-state index in [1.165, 1.54) is 12.1 Å². The molecule has 0 saturated carbocycles. The largest absolute Gasteiger partial charge is 0.491 e. The van der Waals surface area contributed by atoms with Gasteiger partial charge in [-0.25, -0.2) is 13.6 Å². The summed E-state index contributed by atoms with van der Waals surface area (Å²) >= 11 is 6.48. The van der Waals surface area contributed by atoms with Crippen molar-refractivity contribution in [2.24, 2.45) is 5.14 Å². The molecule has 0 saturated heterocycles. The van der Waals surface area contributed by atoms with E-state index in [0.717, 1.165) is 6.42 Å². The maximum Gasteiger partial charge on any atom is 0.303 e. The molecule has 1 rings (SSSR count). The molecule has 1 aromatic carbocycles. The lowest BCUT2D eigenvalue weighted by atomic mass is 10.2. The highest BCUT2D eigenvalue weighted by atomic mass is 79.9. The van der Waals surface area contributed by atoms with Crippen LogP contribution in [0, 0.1) is 0 Å². The Hall–Kier alpha value is -0.640. The van der Waals surface area contributed by atoms with E-state index in [1.54, 1.807) is 0 Å². The fourth-order valence-corrected chi connectivity index (χ4v) is 3.85. The van der Waals surface area contributed by atoms with Gasteiger partial charge in [0.1, 0.15) is 5.75 Å². The second kappa shape index (κ2) is 8.11. The summed E-state index contributed by atoms with van der Waals surface area (Å²) in [7, 11) is -3.78. The molecule has 9 heteroatoms. The van der Waals surface area contributed by atoms with Crippen LogP contribution in [0.4, 0.5) is 0 Å². The third kappa shape index (κ3) is 6.33. The highest BCUT2D eigenvalue weighted by Gasteiger charge is 2.15. The first kappa shape index (κ1) is 18.4. The molecular formula is C12H15Br2NO5S. The quantitative estimate of drug-likeness (QED) is 0.599. The number of hydrogen-bond donors (Lipinski definition) is 2. The summed E-state index contributed by atoms with van der Waals surface area (Å²) in [5.41, 5.74) is 0. The van der Waals surface area contributed by atoms with E-state index in [9.17, 15) is 13.2 Å². The molecule has 0 radical (unpaired) electrons. The number of rotatable bonds is 8. The SMILES string of the molecule is NS(=O)(=O)c1cc(Br)c(OCCCCCC(=O)O)c(Br)c1. The topological polar surface area (TPSA) is 107 Å². The summed E-state index contributed by atoms with van der Waals surface area (Å²) in [4.78, 5) is 10.3. The summed E-state index contributed by atoms with van der Waals surface area (Å²) in [6, 6.07) is 2.75. The van der Waals surface area contributed by atoms with Gasteiger partial charge in [-0.1, -0.05) is 0 Å². The van der Waals surface area contributed by atoms with Gasteiger partial charge in [-0.3, -0.25) is 4.79 Å². The third-order valence-electron chi connectivity index (χ3n) is 2.58. The normalized spacial score (nSPS) is 11.4. The highest BCUT2D eigenvalue weighted by Crippen LogP contribution is 2.35. The second-order valence-corrected chi connectivity index (χ2v) is 7.58. The van der Waals surface area contributed by atoms with Gasteiger partial charge in [-0.15, -0.1) is 0 Å². The van der Waals surface area contributed by atoms with Crippen LogP contribution in [0.15, 0.2) is 26.0 Å². The Morgan fingerprint density at radius 3 is 2.24 bits per heavy atom. The Balaban J connectivity index is 2.59. The molecule has 1 aromatic rings. The van der Waals surface area contributed by atoms with E-state index in [2.05, 4.69) is 31.9 Å². The zero-order chi connectivity index (χ0) is 16.0. The van der Waals surface area contributed by atoms with E-state index < -0.39 is 16.0 Å². The van der Waals surface area contributed by atoms with Gasteiger partial charge in [0.15, 0.2) is 0 Å². The smallest absolute Gasteiger partial charge is 0.303 e. The van der Waals surface area contributed by atoms with Gasteiger partial charge >= 0.3 is 5.97 Å². The summed E-state index contributed by atoms with van der Waals surface area (Å²) in [5, 5.41) is 13.6. The molecule has 118 valence electrons. The molecule has 0 aliphatic carbocycles. The molecule has 0 fully saturated rings. The molecule has 0 atom stereocenters. The molecule has 0 aliphatic rings. The van der Waals surface area contributed by atoms with Gasteiger partial charge < -0.3 is 9.84 Å². The van der Waals surface area contributed by atoms with Crippen LogP contribution in [0.25, 0.3) is 0 Å². The highest BCUT2D eigenvalue weighted by molar-refractivity contribution is 9.11. The lowest BCUT2D eigenvalue weighted by molar-refractivity contribution is -0.137. The molecule has 0 aromatic heterocycles. The molecule has 21 heavy (non-hydrogen) atoms. The molecule has 0 bridgehead atoms. The van der Waals surface area contributed by atoms with E-state index in [0.29, 0.717) is 34.1 Å². The monoisotopic (exact) mass is 443 g/mol. The molecule has 0 amide bonds. The van der Waals surface area contributed by atoms with E-state index >= 15 is 0 Å². The van der Waals surface area contributed by atoms with Gasteiger partial charge in [0.2, 0.25) is 10.0 Å². The fraction of sp³-hybridized carbons (Fsp3) is 0.417. The van der Waals surface area contributed by atoms with Crippen LogP contribution in [0.5, 0.6) is 5.75 Å².